The molecular weight excluding hydrogens is 273 g/mol. The average molecular weight is 277 g/mol. The highest BCUT2D eigenvalue weighted by molar-refractivity contribution is 6.28. The molecule has 0 saturated heterocycles. The van der Waals surface area contributed by atoms with Gasteiger partial charge in [0.15, 0.2) is 5.69 Å². The van der Waals surface area contributed by atoms with Crippen LogP contribution in [0.1, 0.15) is 16.1 Å². The van der Waals surface area contributed by atoms with Crippen molar-refractivity contribution in [3.63, 3.8) is 0 Å². The third-order valence-electron chi connectivity index (χ3n) is 2.18. The van der Waals surface area contributed by atoms with Crippen LogP contribution in [0.25, 0.3) is 10.9 Å². The second kappa shape index (κ2) is 4.09. The molecule has 18 heavy (non-hydrogen) atoms. The fourth-order valence-corrected chi connectivity index (χ4v) is 1.62. The Labute approximate surface area is 103 Å². The molecule has 0 bridgehead atoms. The maximum Gasteiger partial charge on any atom is 0.434 e. The average Bonchev–Trinajstić information content (AvgIpc) is 2.25. The van der Waals surface area contributed by atoms with Crippen LogP contribution in [-0.4, -0.2) is 21.0 Å². The molecule has 0 aliphatic carbocycles. The van der Waals surface area contributed by atoms with Crippen molar-refractivity contribution >= 4 is 28.5 Å². The Morgan fingerprint density at radius 3 is 2.50 bits per heavy atom. The molecule has 0 spiro atoms. The summed E-state index contributed by atoms with van der Waals surface area (Å²) in [4.78, 5) is 17.4. The van der Waals surface area contributed by atoms with E-state index in [1.807, 2.05) is 0 Å². The maximum atomic E-state index is 12.7. The van der Waals surface area contributed by atoms with Crippen LogP contribution in [0.5, 0.6) is 0 Å². The maximum absolute atomic E-state index is 12.7. The highest BCUT2D eigenvalue weighted by Gasteiger charge is 2.35. The van der Waals surface area contributed by atoms with Crippen molar-refractivity contribution in [2.24, 2.45) is 0 Å². The number of carbonyl (C=O) groups is 1. The van der Waals surface area contributed by atoms with Gasteiger partial charge in [0.05, 0.1) is 11.1 Å². The first-order valence-electron chi connectivity index (χ1n) is 4.57. The number of benzene rings is 1. The van der Waals surface area contributed by atoms with Gasteiger partial charge in [0.25, 0.3) is 0 Å². The predicted molar refractivity (Wildman–Crippen MR) is 56.5 cm³/mol. The smallest absolute Gasteiger partial charge is 0.434 e. The van der Waals surface area contributed by atoms with E-state index in [1.165, 1.54) is 0 Å². The summed E-state index contributed by atoms with van der Waals surface area (Å²) in [5.41, 5.74) is -1.59. The van der Waals surface area contributed by atoms with E-state index in [-0.39, 0.29) is 11.1 Å². The lowest BCUT2D eigenvalue weighted by Crippen LogP contribution is -2.10. The molecule has 1 heterocycles. The number of hydrogen-bond donors (Lipinski definition) is 1. The fraction of sp³-hybridized carbons (Fsp3) is 0.100. The van der Waals surface area contributed by atoms with Crippen LogP contribution in [0.15, 0.2) is 18.2 Å². The zero-order chi connectivity index (χ0) is 13.5. The van der Waals surface area contributed by atoms with E-state index in [4.69, 9.17) is 16.7 Å². The van der Waals surface area contributed by atoms with Gasteiger partial charge in [-0.1, -0.05) is 0 Å². The van der Waals surface area contributed by atoms with Gasteiger partial charge in [-0.25, -0.2) is 14.8 Å². The standard InChI is InChI=1S/C10H4ClF3N2O2/c11-9-15-6-2-1-4(8(17)18)3-5(6)7(16-9)10(12,13)14/h1-3H,(H,17,18). The highest BCUT2D eigenvalue weighted by Crippen LogP contribution is 2.33. The molecular formula is C10H4ClF3N2O2. The van der Waals surface area contributed by atoms with Gasteiger partial charge in [0.1, 0.15) is 0 Å². The molecule has 0 radical (unpaired) electrons. The number of carboxylic acid groups (broad SMARTS) is 1. The van der Waals surface area contributed by atoms with E-state index < -0.39 is 28.5 Å². The second-order valence-corrected chi connectivity index (χ2v) is 3.71. The summed E-state index contributed by atoms with van der Waals surface area (Å²) in [6.07, 6.45) is -4.73. The summed E-state index contributed by atoms with van der Waals surface area (Å²) in [5, 5.41) is 7.80. The number of rotatable bonds is 1. The zero-order valence-electron chi connectivity index (χ0n) is 8.49. The molecule has 0 aliphatic heterocycles. The fourth-order valence-electron chi connectivity index (χ4n) is 1.45. The molecule has 4 nitrogen and oxygen atoms in total. The van der Waals surface area contributed by atoms with Crippen LogP contribution < -0.4 is 0 Å². The van der Waals surface area contributed by atoms with Crippen LogP contribution in [0.2, 0.25) is 5.28 Å². The number of nitrogens with zero attached hydrogens (tertiary/aromatic N) is 2. The van der Waals surface area contributed by atoms with Crippen LogP contribution in [0.4, 0.5) is 13.2 Å². The minimum absolute atomic E-state index is 0.0627. The third kappa shape index (κ3) is 2.21. The summed E-state index contributed by atoms with van der Waals surface area (Å²) >= 11 is 5.39. The normalized spacial score (nSPS) is 11.8. The predicted octanol–water partition coefficient (Wildman–Crippen LogP) is 3.00. The van der Waals surface area contributed by atoms with Gasteiger partial charge < -0.3 is 5.11 Å². The van der Waals surface area contributed by atoms with Crippen molar-refractivity contribution < 1.29 is 23.1 Å². The summed E-state index contributed by atoms with van der Waals surface area (Å²) in [5.74, 6) is -1.33. The molecule has 1 N–H and O–H groups in total. The van der Waals surface area contributed by atoms with Gasteiger partial charge in [0.2, 0.25) is 5.28 Å². The van der Waals surface area contributed by atoms with Gasteiger partial charge in [-0.3, -0.25) is 0 Å². The molecule has 1 aromatic heterocycles. The molecule has 1 aromatic carbocycles. The first kappa shape index (κ1) is 12.6. The Kier molecular flexibility index (Phi) is 2.86. The highest BCUT2D eigenvalue weighted by atomic mass is 35.5. The minimum atomic E-state index is -4.73. The number of hydrogen-bond acceptors (Lipinski definition) is 3. The second-order valence-electron chi connectivity index (χ2n) is 3.38. The Morgan fingerprint density at radius 2 is 1.94 bits per heavy atom. The minimum Gasteiger partial charge on any atom is -0.478 e. The van der Waals surface area contributed by atoms with Crippen molar-refractivity contribution in [1.29, 1.82) is 0 Å². The molecule has 94 valence electrons. The van der Waals surface area contributed by atoms with Crippen LogP contribution >= 0.6 is 11.6 Å². The molecule has 2 aromatic rings. The van der Waals surface area contributed by atoms with Crippen molar-refractivity contribution in [2.45, 2.75) is 6.18 Å². The van der Waals surface area contributed by atoms with Crippen LogP contribution in [-0.2, 0) is 6.18 Å². The Balaban J connectivity index is 2.82. The van der Waals surface area contributed by atoms with Gasteiger partial charge in [0, 0.05) is 5.39 Å². The van der Waals surface area contributed by atoms with Gasteiger partial charge in [-0.05, 0) is 29.8 Å². The Bertz CT molecular complexity index is 643. The van der Waals surface area contributed by atoms with E-state index in [0.29, 0.717) is 0 Å². The number of halogens is 4. The zero-order valence-corrected chi connectivity index (χ0v) is 9.25. The van der Waals surface area contributed by atoms with E-state index in [0.717, 1.165) is 18.2 Å². The van der Waals surface area contributed by atoms with E-state index in [1.54, 1.807) is 0 Å². The molecule has 0 amide bonds. The van der Waals surface area contributed by atoms with Gasteiger partial charge in [-0.2, -0.15) is 13.2 Å². The Morgan fingerprint density at radius 1 is 1.28 bits per heavy atom. The molecule has 0 fully saturated rings. The molecule has 0 unspecified atom stereocenters. The number of alkyl halides is 3. The Hall–Kier alpha value is -1.89. The molecule has 0 saturated carbocycles. The summed E-state index contributed by atoms with van der Waals surface area (Å²) in [7, 11) is 0. The number of aromatic carboxylic acids is 1. The van der Waals surface area contributed by atoms with E-state index in [2.05, 4.69) is 9.97 Å². The van der Waals surface area contributed by atoms with E-state index in [9.17, 15) is 18.0 Å². The third-order valence-corrected chi connectivity index (χ3v) is 2.35. The SMILES string of the molecule is O=C(O)c1ccc2nc(Cl)nc(C(F)(F)F)c2c1. The topological polar surface area (TPSA) is 63.1 Å². The molecule has 2 rings (SSSR count). The lowest BCUT2D eigenvalue weighted by atomic mass is 10.1. The van der Waals surface area contributed by atoms with Crippen molar-refractivity contribution in [3.8, 4) is 0 Å². The molecule has 8 heteroatoms. The molecule has 0 atom stereocenters. The summed E-state index contributed by atoms with van der Waals surface area (Å²) in [6.45, 7) is 0. The lowest BCUT2D eigenvalue weighted by molar-refractivity contribution is -0.139. The quantitative estimate of drug-likeness (QED) is 0.813. The van der Waals surface area contributed by atoms with Crippen LogP contribution in [0.3, 0.4) is 0 Å². The first-order chi connectivity index (χ1) is 8.29. The van der Waals surface area contributed by atoms with Gasteiger partial charge in [-0.15, -0.1) is 0 Å². The molecule has 0 aliphatic rings. The van der Waals surface area contributed by atoms with E-state index >= 15 is 0 Å². The largest absolute Gasteiger partial charge is 0.478 e. The van der Waals surface area contributed by atoms with Crippen molar-refractivity contribution in [1.82, 2.24) is 9.97 Å². The monoisotopic (exact) mass is 276 g/mol. The first-order valence-corrected chi connectivity index (χ1v) is 4.94. The number of aromatic nitrogens is 2. The van der Waals surface area contributed by atoms with Crippen molar-refractivity contribution in [2.75, 3.05) is 0 Å². The number of carboxylic acids is 1. The van der Waals surface area contributed by atoms with Gasteiger partial charge >= 0.3 is 12.1 Å². The van der Waals surface area contributed by atoms with Crippen molar-refractivity contribution in [3.05, 3.63) is 34.7 Å². The summed E-state index contributed by atoms with van der Waals surface area (Å²) < 4.78 is 38.2. The summed E-state index contributed by atoms with van der Waals surface area (Å²) in [6, 6.07) is 3.17. The van der Waals surface area contributed by atoms with Crippen LogP contribution in [0, 0.1) is 0 Å². The lowest BCUT2D eigenvalue weighted by Gasteiger charge is -2.09. The number of fused-ring (bicyclic) bond motifs is 1.